The smallest absolute Gasteiger partial charge is 0.255 e. The Kier molecular flexibility index (Phi) is 5.88. The molecule has 37 heavy (non-hydrogen) atoms. The molecule has 1 amide bonds. The van der Waals surface area contributed by atoms with Crippen LogP contribution in [0.5, 0.6) is 11.5 Å². The van der Waals surface area contributed by atoms with E-state index in [1.54, 1.807) is 23.6 Å². The van der Waals surface area contributed by atoms with Gasteiger partial charge in [-0.2, -0.15) is 5.10 Å². The van der Waals surface area contributed by atoms with Crippen LogP contribution in [0.25, 0.3) is 22.3 Å². The van der Waals surface area contributed by atoms with E-state index >= 15 is 0 Å². The van der Waals surface area contributed by atoms with E-state index in [1.807, 2.05) is 67.1 Å². The normalized spacial score (nSPS) is 12.8. The Hall–Kier alpha value is -4.53. The average Bonchev–Trinajstić information content (AvgIpc) is 3.69. The fraction of sp³-hybridized carbons (Fsp3) is 0.250. The fourth-order valence-corrected chi connectivity index (χ4v) is 4.47. The molecule has 5 aromatic rings. The minimum atomic E-state index is -0.178. The minimum Gasteiger partial charge on any atom is -0.486 e. The molecule has 188 valence electrons. The highest BCUT2D eigenvalue weighted by Gasteiger charge is 2.25. The molecule has 0 unspecified atom stereocenters. The Balaban J connectivity index is 1.47. The van der Waals surface area contributed by atoms with Gasteiger partial charge < -0.3 is 23.2 Å². The number of benzene rings is 1. The van der Waals surface area contributed by atoms with Crippen molar-refractivity contribution in [1.29, 1.82) is 0 Å². The van der Waals surface area contributed by atoms with E-state index in [0.29, 0.717) is 58.5 Å². The number of aromatic nitrogens is 3. The summed E-state index contributed by atoms with van der Waals surface area (Å²) >= 11 is 0. The number of amides is 1. The monoisotopic (exact) mass is 498 g/mol. The van der Waals surface area contributed by atoms with Gasteiger partial charge in [0.2, 0.25) is 0 Å². The summed E-state index contributed by atoms with van der Waals surface area (Å²) in [6, 6.07) is 14.9. The van der Waals surface area contributed by atoms with Crippen molar-refractivity contribution in [3.63, 3.8) is 0 Å². The SMILES string of the molecule is CC(C)n1ncc2c(C(=O)N(Cc3ccco3)Cc3ccco3)cc(-c3ccc4c(c3)OCCO4)nc21. The average molecular weight is 499 g/mol. The molecule has 0 aliphatic carbocycles. The van der Waals surface area contributed by atoms with Crippen LogP contribution < -0.4 is 9.47 Å². The third kappa shape index (κ3) is 4.44. The second-order valence-corrected chi connectivity index (χ2v) is 9.15. The third-order valence-electron chi connectivity index (χ3n) is 6.27. The molecule has 0 saturated carbocycles. The Bertz CT molecular complexity index is 1500. The molecule has 0 bridgehead atoms. The highest BCUT2D eigenvalue weighted by molar-refractivity contribution is 6.06. The van der Waals surface area contributed by atoms with Gasteiger partial charge >= 0.3 is 0 Å². The molecule has 0 atom stereocenters. The second-order valence-electron chi connectivity index (χ2n) is 9.15. The maximum atomic E-state index is 14.1. The molecular weight excluding hydrogens is 472 g/mol. The zero-order chi connectivity index (χ0) is 25.4. The van der Waals surface area contributed by atoms with E-state index in [0.717, 1.165) is 5.56 Å². The molecule has 1 aliphatic rings. The summed E-state index contributed by atoms with van der Waals surface area (Å²) in [6.45, 7) is 5.65. The largest absolute Gasteiger partial charge is 0.486 e. The molecule has 1 aromatic carbocycles. The second kappa shape index (κ2) is 9.50. The zero-order valence-corrected chi connectivity index (χ0v) is 20.6. The molecule has 0 fully saturated rings. The summed E-state index contributed by atoms with van der Waals surface area (Å²) in [5.74, 6) is 2.53. The van der Waals surface area contributed by atoms with Gasteiger partial charge in [0.15, 0.2) is 17.1 Å². The molecule has 1 aliphatic heterocycles. The highest BCUT2D eigenvalue weighted by atomic mass is 16.6. The summed E-state index contributed by atoms with van der Waals surface area (Å²) < 4.78 is 24.4. The Labute approximate surface area is 213 Å². The lowest BCUT2D eigenvalue weighted by molar-refractivity contribution is 0.0707. The first-order chi connectivity index (χ1) is 18.1. The number of ether oxygens (including phenoxy) is 2. The van der Waals surface area contributed by atoms with Gasteiger partial charge in [0, 0.05) is 11.6 Å². The van der Waals surface area contributed by atoms with Crippen LogP contribution in [0.4, 0.5) is 0 Å². The Morgan fingerprint density at radius 2 is 1.68 bits per heavy atom. The van der Waals surface area contributed by atoms with Gasteiger partial charge in [0.1, 0.15) is 24.7 Å². The maximum absolute atomic E-state index is 14.1. The van der Waals surface area contributed by atoms with E-state index in [4.69, 9.17) is 23.3 Å². The van der Waals surface area contributed by atoms with Crippen LogP contribution in [-0.2, 0) is 13.1 Å². The quantitative estimate of drug-likeness (QED) is 0.293. The van der Waals surface area contributed by atoms with E-state index in [9.17, 15) is 4.79 Å². The predicted molar refractivity (Wildman–Crippen MR) is 135 cm³/mol. The van der Waals surface area contributed by atoms with Gasteiger partial charge in [0.25, 0.3) is 5.91 Å². The van der Waals surface area contributed by atoms with Crippen molar-refractivity contribution in [1.82, 2.24) is 19.7 Å². The van der Waals surface area contributed by atoms with E-state index in [2.05, 4.69) is 5.10 Å². The standard InChI is InChI=1S/C28H26N4O5/c1-18(2)32-27-23(15-29-32)22(14-24(30-27)19-7-8-25-26(13-19)37-12-11-36-25)28(33)31(16-20-5-3-9-34-20)17-21-6-4-10-35-21/h3-10,13-15,18H,11-12,16-17H2,1-2H3. The number of rotatable bonds is 7. The van der Waals surface area contributed by atoms with Crippen LogP contribution >= 0.6 is 0 Å². The number of carbonyl (C=O) groups excluding carboxylic acids is 1. The minimum absolute atomic E-state index is 0.0609. The molecule has 0 N–H and O–H groups in total. The molecular formula is C28H26N4O5. The van der Waals surface area contributed by atoms with Crippen molar-refractivity contribution in [2.24, 2.45) is 0 Å². The number of carbonyl (C=O) groups is 1. The van der Waals surface area contributed by atoms with Gasteiger partial charge in [-0.25, -0.2) is 9.67 Å². The lowest BCUT2D eigenvalue weighted by Crippen LogP contribution is -2.30. The van der Waals surface area contributed by atoms with Gasteiger partial charge in [0.05, 0.1) is 48.5 Å². The van der Waals surface area contributed by atoms with Crippen molar-refractivity contribution < 1.29 is 23.1 Å². The molecule has 0 saturated heterocycles. The Morgan fingerprint density at radius 3 is 2.32 bits per heavy atom. The summed E-state index contributed by atoms with van der Waals surface area (Å²) in [5, 5.41) is 5.24. The molecule has 9 heteroatoms. The molecule has 5 heterocycles. The number of furan rings is 2. The van der Waals surface area contributed by atoms with Gasteiger partial charge in [-0.15, -0.1) is 0 Å². The van der Waals surface area contributed by atoms with Crippen LogP contribution in [0, 0.1) is 0 Å². The van der Waals surface area contributed by atoms with Crippen molar-refractivity contribution >= 4 is 16.9 Å². The van der Waals surface area contributed by atoms with Crippen LogP contribution in [0.2, 0.25) is 0 Å². The van der Waals surface area contributed by atoms with Crippen molar-refractivity contribution in [2.45, 2.75) is 33.0 Å². The van der Waals surface area contributed by atoms with Crippen LogP contribution in [0.15, 0.2) is 76.1 Å². The highest BCUT2D eigenvalue weighted by Crippen LogP contribution is 2.35. The van der Waals surface area contributed by atoms with E-state index < -0.39 is 0 Å². The lowest BCUT2D eigenvalue weighted by Gasteiger charge is -2.22. The number of hydrogen-bond acceptors (Lipinski definition) is 7. The summed E-state index contributed by atoms with van der Waals surface area (Å²) in [4.78, 5) is 20.8. The molecule has 4 aromatic heterocycles. The molecule has 6 rings (SSSR count). The van der Waals surface area contributed by atoms with Gasteiger partial charge in [-0.1, -0.05) is 0 Å². The van der Waals surface area contributed by atoms with Crippen molar-refractivity contribution in [2.75, 3.05) is 13.2 Å². The predicted octanol–water partition coefficient (Wildman–Crippen LogP) is 5.48. The van der Waals surface area contributed by atoms with Crippen LogP contribution in [-0.4, -0.2) is 38.8 Å². The number of pyridine rings is 1. The van der Waals surface area contributed by atoms with Crippen molar-refractivity contribution in [3.8, 4) is 22.8 Å². The molecule has 9 nitrogen and oxygen atoms in total. The fourth-order valence-electron chi connectivity index (χ4n) is 4.47. The number of fused-ring (bicyclic) bond motifs is 2. The summed E-state index contributed by atoms with van der Waals surface area (Å²) in [5.41, 5.74) is 2.60. The first-order valence-corrected chi connectivity index (χ1v) is 12.2. The summed E-state index contributed by atoms with van der Waals surface area (Å²) in [7, 11) is 0. The number of hydrogen-bond donors (Lipinski definition) is 0. The molecule has 0 spiro atoms. The topological polar surface area (TPSA) is 95.8 Å². The van der Waals surface area contributed by atoms with Crippen molar-refractivity contribution in [3.05, 3.63) is 84.3 Å². The maximum Gasteiger partial charge on any atom is 0.255 e. The first kappa shape index (κ1) is 22.9. The first-order valence-electron chi connectivity index (χ1n) is 12.2. The summed E-state index contributed by atoms with van der Waals surface area (Å²) in [6.07, 6.45) is 4.91. The van der Waals surface area contributed by atoms with Gasteiger partial charge in [-0.3, -0.25) is 4.79 Å². The number of nitrogens with zero attached hydrogens (tertiary/aromatic N) is 4. The lowest BCUT2D eigenvalue weighted by atomic mass is 10.0. The van der Waals surface area contributed by atoms with E-state index in [-0.39, 0.29) is 25.0 Å². The zero-order valence-electron chi connectivity index (χ0n) is 20.6. The Morgan fingerprint density at radius 1 is 0.973 bits per heavy atom. The van der Waals surface area contributed by atoms with Crippen LogP contribution in [0.3, 0.4) is 0 Å². The van der Waals surface area contributed by atoms with Crippen LogP contribution in [0.1, 0.15) is 41.8 Å². The third-order valence-corrected chi connectivity index (χ3v) is 6.27. The van der Waals surface area contributed by atoms with Gasteiger partial charge in [-0.05, 0) is 62.4 Å². The van der Waals surface area contributed by atoms with E-state index in [1.165, 1.54) is 0 Å². The molecule has 0 radical (unpaired) electrons.